The van der Waals surface area contributed by atoms with E-state index in [0.29, 0.717) is 37.8 Å². The quantitative estimate of drug-likeness (QED) is 0.0287. The molecule has 0 bridgehead atoms. The van der Waals surface area contributed by atoms with Crippen LogP contribution in [0.2, 0.25) is 5.02 Å². The van der Waals surface area contributed by atoms with E-state index in [2.05, 4.69) is 141 Å². The lowest BCUT2D eigenvalue weighted by molar-refractivity contribution is -0.384. The van der Waals surface area contributed by atoms with Crippen LogP contribution in [-0.4, -0.2) is 72.2 Å². The number of nitrogens with zero attached hydrogens (tertiary/aromatic N) is 2. The average Bonchev–Trinajstić information content (AvgIpc) is 1.71. The van der Waals surface area contributed by atoms with Gasteiger partial charge in [-0.15, -0.1) is 74.1 Å². The third kappa shape index (κ3) is 18.0. The second-order valence-corrected chi connectivity index (χ2v) is 26.1. The minimum absolute atomic E-state index is 0.0170. The first-order chi connectivity index (χ1) is 46.8. The summed E-state index contributed by atoms with van der Waals surface area (Å²) in [4.78, 5) is 13.7. The van der Waals surface area contributed by atoms with E-state index in [1.807, 2.05) is 82.3 Å². The molecule has 6 aromatic rings. The van der Waals surface area contributed by atoms with Crippen molar-refractivity contribution in [1.29, 1.82) is 0 Å². The number of aryl methyl sites for hydroxylation is 2. The van der Waals surface area contributed by atoms with Crippen molar-refractivity contribution in [1.82, 2.24) is 0 Å². The number of nitro groups is 1. The van der Waals surface area contributed by atoms with Gasteiger partial charge in [-0.25, -0.2) is 4.85 Å². The van der Waals surface area contributed by atoms with E-state index >= 15 is 0 Å². The molecule has 0 radical (unpaired) electrons. The maximum Gasteiger partial charge on any atom is 0.270 e. The highest BCUT2D eigenvalue weighted by atomic mass is 35.5. The number of aliphatic hydroxyl groups is 6. The summed E-state index contributed by atoms with van der Waals surface area (Å²) in [5.41, 5.74) is 23.2. The van der Waals surface area contributed by atoms with Gasteiger partial charge in [0.15, 0.2) is 5.69 Å². The van der Waals surface area contributed by atoms with Crippen LogP contribution in [0.5, 0.6) is 0 Å². The molecule has 0 saturated carbocycles. The Bertz CT molecular complexity index is 4250. The zero-order valence-electron chi connectivity index (χ0n) is 56.8. The standard InChI is InChI=1S/C15H13NO.2C15H16O.C14H13ClO.C14H13NO3.C14H14O/c1-4-5-14(17)15-10(2)8-11-9-12(16-3)6-7-13(11)15;2*1-4-5-14(16)15-11(3)9-12-8-10(2)6-7-13(12)15;1-3-4-13(16)14-9(2)7-10-8-11(15)5-6-12(10)14;1-3-4-13(16)14-9(2)7-10-8-11(15(17)18)5-6-12(10)14;1-3-6-13(15)14-10(2)9-11-7-4-5-8-12(11)14/h1,6-9,14-15,17H,5H2,2H3;2*1,6-9,14-16H,5H2,2-3H3;1,5-8,13-14,16H,4H2,2H3;1,5-8,13-14,16H,4H2,2H3;1,4-5,7-9,13-15H,6H2,2H3. The van der Waals surface area contributed by atoms with Crippen molar-refractivity contribution in [2.24, 2.45) is 0 Å². The number of hydrogen-bond donors (Lipinski definition) is 6. The Labute approximate surface area is 585 Å². The normalized spacial score (nSPS) is 19.6. The molecule has 0 aromatic heterocycles. The molecule has 498 valence electrons. The number of terminal acetylenes is 6. The minimum atomic E-state index is -0.644. The zero-order chi connectivity index (χ0) is 71.7. The van der Waals surface area contributed by atoms with Crippen LogP contribution < -0.4 is 0 Å². The number of non-ortho nitro benzene ring substituents is 1. The Kier molecular flexibility index (Phi) is 26.8. The molecule has 12 rings (SSSR count). The monoisotopic (exact) mass is 1320 g/mol. The van der Waals surface area contributed by atoms with Crippen molar-refractivity contribution in [3.8, 4) is 74.1 Å². The number of fused-ring (bicyclic) bond motifs is 6. The lowest BCUT2D eigenvalue weighted by atomic mass is 9.89. The van der Waals surface area contributed by atoms with Gasteiger partial charge in [-0.1, -0.05) is 178 Å². The third-order valence-corrected chi connectivity index (χ3v) is 18.8. The van der Waals surface area contributed by atoms with Crippen molar-refractivity contribution in [2.45, 2.75) is 166 Å². The summed E-state index contributed by atoms with van der Waals surface area (Å²) in [6.07, 6.45) is 42.9. The van der Waals surface area contributed by atoms with Crippen LogP contribution in [0.25, 0.3) is 41.3 Å². The molecule has 0 heterocycles. The smallest absolute Gasteiger partial charge is 0.270 e. The minimum Gasteiger partial charge on any atom is -0.391 e. The Balaban J connectivity index is 0.000000166. The molecular formula is C87H85ClN2O8. The lowest BCUT2D eigenvalue weighted by Crippen LogP contribution is -2.17. The molecule has 6 N–H and O–H groups in total. The number of rotatable bonds is 13. The second-order valence-electron chi connectivity index (χ2n) is 25.7. The van der Waals surface area contributed by atoms with E-state index < -0.39 is 41.5 Å². The summed E-state index contributed by atoms with van der Waals surface area (Å²) < 4.78 is 0. The second kappa shape index (κ2) is 34.8. The zero-order valence-corrected chi connectivity index (χ0v) is 57.6. The number of hydrogen-bond acceptors (Lipinski definition) is 8. The molecule has 0 aliphatic heterocycles. The highest BCUT2D eigenvalue weighted by Gasteiger charge is 2.34. The van der Waals surface area contributed by atoms with Crippen molar-refractivity contribution in [2.75, 3.05) is 0 Å². The van der Waals surface area contributed by atoms with Crippen molar-refractivity contribution < 1.29 is 35.6 Å². The molecule has 0 spiro atoms. The first kappa shape index (κ1) is 75.4. The predicted octanol–water partition coefficient (Wildman–Crippen LogP) is 17.2. The van der Waals surface area contributed by atoms with Crippen LogP contribution in [0, 0.1) is 105 Å². The molecule has 98 heavy (non-hydrogen) atoms. The highest BCUT2D eigenvalue weighted by molar-refractivity contribution is 6.30. The van der Waals surface area contributed by atoms with E-state index in [0.717, 1.165) is 55.1 Å². The third-order valence-electron chi connectivity index (χ3n) is 18.5. The molecular weight excluding hydrogens is 1240 g/mol. The van der Waals surface area contributed by atoms with Crippen LogP contribution in [0.4, 0.5) is 11.4 Å². The van der Waals surface area contributed by atoms with Gasteiger partial charge in [-0.2, -0.15) is 0 Å². The molecule has 10 nitrogen and oxygen atoms in total. The van der Waals surface area contributed by atoms with Gasteiger partial charge in [0.2, 0.25) is 0 Å². The molecule has 0 amide bonds. The molecule has 6 aliphatic rings. The molecule has 12 unspecified atom stereocenters. The van der Waals surface area contributed by atoms with Gasteiger partial charge >= 0.3 is 0 Å². The number of aliphatic hydroxyl groups excluding tert-OH is 6. The lowest BCUT2D eigenvalue weighted by Gasteiger charge is -2.19. The fourth-order valence-electron chi connectivity index (χ4n) is 14.2. The van der Waals surface area contributed by atoms with Gasteiger partial charge in [0.05, 0.1) is 48.1 Å². The van der Waals surface area contributed by atoms with Gasteiger partial charge in [0.25, 0.3) is 5.69 Å². The van der Waals surface area contributed by atoms with Crippen molar-refractivity contribution in [3.63, 3.8) is 0 Å². The molecule has 11 heteroatoms. The first-order valence-corrected chi connectivity index (χ1v) is 32.9. The maximum absolute atomic E-state index is 10.7. The topological polar surface area (TPSA) is 169 Å². The fraction of sp³-hybridized carbons (Fsp3) is 0.299. The van der Waals surface area contributed by atoms with E-state index in [1.165, 1.54) is 73.4 Å². The van der Waals surface area contributed by atoms with Crippen LogP contribution in [0.15, 0.2) is 149 Å². The van der Waals surface area contributed by atoms with Crippen LogP contribution in [0.1, 0.15) is 193 Å². The SMILES string of the molecule is C#CCC(O)C1C(C)=Cc2cc(C)ccc21.C#CCC(O)C1C(C)=Cc2cc(C)ccc21.C#CCC(O)C1C(C)=Cc2cc(Cl)ccc21.C#CCC(O)C1C(C)=Cc2cc([N+](=O)[O-])ccc21.C#CCC(O)C1C(C)=Cc2ccccc21.[C-]#[N+]c1ccc2c(c1)C=C(C)C2C(O)CC#C. The Morgan fingerprint density at radius 1 is 0.398 bits per heavy atom. The van der Waals surface area contributed by atoms with Crippen LogP contribution >= 0.6 is 11.6 Å². The number of nitro benzene ring substituents is 1. The van der Waals surface area contributed by atoms with Crippen LogP contribution in [-0.2, 0) is 0 Å². The van der Waals surface area contributed by atoms with Gasteiger partial charge in [0, 0.05) is 91.2 Å². The summed E-state index contributed by atoms with van der Waals surface area (Å²) in [5, 5.41) is 71.6. The van der Waals surface area contributed by atoms with Gasteiger partial charge in [-0.3, -0.25) is 10.1 Å². The summed E-state index contributed by atoms with van der Waals surface area (Å²) in [5.74, 6) is 15.1. The van der Waals surface area contributed by atoms with Crippen LogP contribution in [0.3, 0.4) is 0 Å². The van der Waals surface area contributed by atoms with Crippen molar-refractivity contribution in [3.05, 3.63) is 253 Å². The average molecular weight is 1320 g/mol. The molecule has 6 aliphatic carbocycles. The number of halogens is 1. The summed E-state index contributed by atoms with van der Waals surface area (Å²) in [6, 6.07) is 36.8. The van der Waals surface area contributed by atoms with Gasteiger partial charge in [0.1, 0.15) is 0 Å². The van der Waals surface area contributed by atoms with Gasteiger partial charge in [-0.05, 0) is 140 Å². The molecule has 0 saturated heterocycles. The molecule has 0 fully saturated rings. The summed E-state index contributed by atoms with van der Waals surface area (Å²) in [7, 11) is 0. The van der Waals surface area contributed by atoms with E-state index in [1.54, 1.807) is 12.1 Å². The highest BCUT2D eigenvalue weighted by Crippen LogP contribution is 2.45. The largest absolute Gasteiger partial charge is 0.391 e. The van der Waals surface area contributed by atoms with E-state index in [-0.39, 0.29) is 47.6 Å². The Morgan fingerprint density at radius 3 is 1.01 bits per heavy atom. The maximum atomic E-state index is 10.7. The van der Waals surface area contributed by atoms with E-state index in [4.69, 9.17) is 56.7 Å². The molecule has 6 aromatic carbocycles. The predicted molar refractivity (Wildman–Crippen MR) is 401 cm³/mol. The Morgan fingerprint density at radius 2 is 0.673 bits per heavy atom. The summed E-state index contributed by atoms with van der Waals surface area (Å²) >= 11 is 5.94. The van der Waals surface area contributed by atoms with E-state index in [9.17, 15) is 40.8 Å². The Hall–Kier alpha value is -9.94. The fourth-order valence-corrected chi connectivity index (χ4v) is 14.4. The summed E-state index contributed by atoms with van der Waals surface area (Å²) in [6.45, 7) is 23.2. The van der Waals surface area contributed by atoms with Crippen molar-refractivity contribution >= 4 is 59.4 Å². The first-order valence-electron chi connectivity index (χ1n) is 32.5. The molecule has 12 atom stereocenters. The number of benzene rings is 6. The van der Waals surface area contributed by atoms with Gasteiger partial charge < -0.3 is 30.6 Å².